The number of nitrogens with zero attached hydrogens (tertiary/aromatic N) is 1. The van der Waals surface area contributed by atoms with Gasteiger partial charge in [0.25, 0.3) is 0 Å². The smallest absolute Gasteiger partial charge is 0.333 e. The summed E-state index contributed by atoms with van der Waals surface area (Å²) in [5, 5.41) is 3.09. The van der Waals surface area contributed by atoms with Crippen LogP contribution in [-0.2, 0) is 4.79 Å². The van der Waals surface area contributed by atoms with Gasteiger partial charge in [-0.1, -0.05) is 0 Å². The third-order valence-corrected chi connectivity index (χ3v) is 2.89. The molecule has 2 rings (SSSR count). The summed E-state index contributed by atoms with van der Waals surface area (Å²) in [6.07, 6.45) is -3.86. The first kappa shape index (κ1) is 9.76. The minimum absolute atomic E-state index is 0.0706. The number of likely N-dealkylation sites (tertiary alicyclic amines) is 1. The lowest BCUT2D eigenvalue weighted by Crippen LogP contribution is -2.41. The minimum Gasteiger partial charge on any atom is -0.333 e. The minimum atomic E-state index is -4.72. The Morgan fingerprint density at radius 1 is 1.36 bits per heavy atom. The van der Waals surface area contributed by atoms with Crippen LogP contribution in [0.4, 0.5) is 13.2 Å². The monoisotopic (exact) mass is 208 g/mol. The van der Waals surface area contributed by atoms with Gasteiger partial charge in [0.15, 0.2) is 0 Å². The Morgan fingerprint density at radius 2 is 2.07 bits per heavy atom. The Kier molecular flexibility index (Phi) is 2.17. The van der Waals surface area contributed by atoms with Gasteiger partial charge in [-0.3, -0.25) is 4.79 Å². The average molecular weight is 208 g/mol. The predicted molar refractivity (Wildman–Crippen MR) is 42.5 cm³/mol. The van der Waals surface area contributed by atoms with E-state index in [1.165, 1.54) is 0 Å². The maximum absolute atomic E-state index is 12.1. The van der Waals surface area contributed by atoms with Gasteiger partial charge < -0.3 is 10.2 Å². The van der Waals surface area contributed by atoms with Crippen molar-refractivity contribution in [2.45, 2.75) is 18.6 Å². The first-order valence-corrected chi connectivity index (χ1v) is 4.58. The second kappa shape index (κ2) is 3.12. The molecule has 0 unspecified atom stereocenters. The molecule has 3 nitrogen and oxygen atoms in total. The normalized spacial score (nSPS) is 32.1. The van der Waals surface area contributed by atoms with Crippen molar-refractivity contribution >= 4 is 5.91 Å². The number of nitrogens with one attached hydrogen (secondary N) is 1. The molecule has 0 aromatic rings. The number of carbonyl (C=O) groups is 1. The number of halogens is 3. The van der Waals surface area contributed by atoms with Crippen LogP contribution in [0, 0.1) is 5.92 Å². The van der Waals surface area contributed by atoms with Gasteiger partial charge in [-0.2, -0.15) is 13.2 Å². The highest BCUT2D eigenvalue weighted by molar-refractivity contribution is 5.82. The number of hydrogen-bond donors (Lipinski definition) is 1. The van der Waals surface area contributed by atoms with E-state index in [-0.39, 0.29) is 25.0 Å². The second-order valence-electron chi connectivity index (χ2n) is 3.82. The maximum atomic E-state index is 12.1. The average Bonchev–Trinajstić information content (AvgIpc) is 2.58. The van der Waals surface area contributed by atoms with Crippen LogP contribution in [0.3, 0.4) is 0 Å². The summed E-state index contributed by atoms with van der Waals surface area (Å²) >= 11 is 0. The number of amides is 1. The van der Waals surface area contributed by atoms with Crippen molar-refractivity contribution in [1.82, 2.24) is 10.2 Å². The summed E-state index contributed by atoms with van der Waals surface area (Å²) in [6, 6.07) is 0.0706. The van der Waals surface area contributed by atoms with E-state index >= 15 is 0 Å². The molecule has 2 aliphatic rings. The fourth-order valence-corrected chi connectivity index (χ4v) is 2.19. The van der Waals surface area contributed by atoms with Crippen molar-refractivity contribution in [3.63, 3.8) is 0 Å². The van der Waals surface area contributed by atoms with Crippen molar-refractivity contribution in [2.24, 2.45) is 5.92 Å². The van der Waals surface area contributed by atoms with E-state index < -0.39 is 12.1 Å². The van der Waals surface area contributed by atoms with E-state index in [9.17, 15) is 18.0 Å². The summed E-state index contributed by atoms with van der Waals surface area (Å²) in [5.41, 5.74) is 0. The molecular weight excluding hydrogens is 197 g/mol. The Bertz CT molecular complexity index is 241. The van der Waals surface area contributed by atoms with Gasteiger partial charge >= 0.3 is 12.1 Å². The van der Waals surface area contributed by atoms with Gasteiger partial charge in [-0.05, 0) is 18.9 Å². The van der Waals surface area contributed by atoms with Crippen LogP contribution < -0.4 is 5.32 Å². The lowest BCUT2D eigenvalue weighted by molar-refractivity contribution is -0.184. The van der Waals surface area contributed by atoms with E-state index in [4.69, 9.17) is 0 Å². The zero-order valence-electron chi connectivity index (χ0n) is 7.47. The molecule has 1 amide bonds. The van der Waals surface area contributed by atoms with E-state index in [2.05, 4.69) is 5.32 Å². The van der Waals surface area contributed by atoms with Crippen LogP contribution in [0.5, 0.6) is 0 Å². The highest BCUT2D eigenvalue weighted by atomic mass is 19.4. The van der Waals surface area contributed by atoms with Crippen LogP contribution in [-0.4, -0.2) is 42.7 Å². The summed E-state index contributed by atoms with van der Waals surface area (Å²) < 4.78 is 36.2. The quantitative estimate of drug-likeness (QED) is 0.623. The zero-order valence-corrected chi connectivity index (χ0v) is 7.47. The van der Waals surface area contributed by atoms with Crippen LogP contribution >= 0.6 is 0 Å². The largest absolute Gasteiger partial charge is 0.471 e. The lowest BCUT2D eigenvalue weighted by Gasteiger charge is -2.18. The van der Waals surface area contributed by atoms with E-state index in [0.717, 1.165) is 17.9 Å². The van der Waals surface area contributed by atoms with Crippen LogP contribution in [0.2, 0.25) is 0 Å². The Morgan fingerprint density at radius 3 is 2.64 bits per heavy atom. The van der Waals surface area contributed by atoms with Gasteiger partial charge in [0, 0.05) is 19.1 Å². The molecule has 2 saturated heterocycles. The molecule has 0 saturated carbocycles. The fourth-order valence-electron chi connectivity index (χ4n) is 2.19. The molecule has 6 heteroatoms. The van der Waals surface area contributed by atoms with Gasteiger partial charge in [0.1, 0.15) is 0 Å². The van der Waals surface area contributed by atoms with Crippen molar-refractivity contribution in [1.29, 1.82) is 0 Å². The molecule has 0 aromatic heterocycles. The maximum Gasteiger partial charge on any atom is 0.471 e. The Balaban J connectivity index is 1.99. The molecule has 2 fully saturated rings. The molecule has 2 atom stereocenters. The molecule has 0 spiro atoms. The van der Waals surface area contributed by atoms with Crippen molar-refractivity contribution in [3.05, 3.63) is 0 Å². The molecule has 0 bridgehead atoms. The number of alkyl halides is 3. The molecule has 0 aliphatic carbocycles. The third-order valence-electron chi connectivity index (χ3n) is 2.89. The Hall–Kier alpha value is -0.780. The van der Waals surface area contributed by atoms with Crippen molar-refractivity contribution in [3.8, 4) is 0 Å². The summed E-state index contributed by atoms with van der Waals surface area (Å²) in [4.78, 5) is 11.8. The topological polar surface area (TPSA) is 32.3 Å². The van der Waals surface area contributed by atoms with Gasteiger partial charge in [0.05, 0.1) is 0 Å². The standard InChI is InChI=1S/C8H11F3N2O/c9-8(10,11)7(14)13-3-5-1-2-12-6(5)4-13/h5-6,12H,1-4H2/t5-,6+/m1/s1. The van der Waals surface area contributed by atoms with Crippen molar-refractivity contribution < 1.29 is 18.0 Å². The summed E-state index contributed by atoms with van der Waals surface area (Å²) in [6.45, 7) is 1.29. The number of carbonyl (C=O) groups excluding carboxylic acids is 1. The molecule has 14 heavy (non-hydrogen) atoms. The van der Waals surface area contributed by atoms with Crippen molar-refractivity contribution in [2.75, 3.05) is 19.6 Å². The Labute approximate surface area is 79.3 Å². The lowest BCUT2D eigenvalue weighted by atomic mass is 10.1. The number of hydrogen-bond acceptors (Lipinski definition) is 2. The molecular formula is C8H11F3N2O. The van der Waals surface area contributed by atoms with Crippen LogP contribution in [0.25, 0.3) is 0 Å². The van der Waals surface area contributed by atoms with Gasteiger partial charge in [-0.25, -0.2) is 0 Å². The van der Waals surface area contributed by atoms with E-state index in [0.29, 0.717) is 0 Å². The number of fused-ring (bicyclic) bond motifs is 1. The highest BCUT2D eigenvalue weighted by Crippen LogP contribution is 2.28. The summed E-state index contributed by atoms with van der Waals surface area (Å²) in [7, 11) is 0. The van der Waals surface area contributed by atoms with Gasteiger partial charge in [0.2, 0.25) is 0 Å². The molecule has 1 N–H and O–H groups in total. The zero-order chi connectivity index (χ0) is 10.3. The van der Waals surface area contributed by atoms with Crippen LogP contribution in [0.1, 0.15) is 6.42 Å². The number of rotatable bonds is 0. The summed E-state index contributed by atoms with van der Waals surface area (Å²) in [5.74, 6) is -1.49. The molecule has 0 aromatic carbocycles. The molecule has 2 aliphatic heterocycles. The van der Waals surface area contributed by atoms with Gasteiger partial charge in [-0.15, -0.1) is 0 Å². The first-order chi connectivity index (χ1) is 6.48. The molecule has 80 valence electrons. The van der Waals surface area contributed by atoms with E-state index in [1.807, 2.05) is 0 Å². The van der Waals surface area contributed by atoms with E-state index in [1.54, 1.807) is 0 Å². The van der Waals surface area contributed by atoms with Crippen LogP contribution in [0.15, 0.2) is 0 Å². The third kappa shape index (κ3) is 1.58. The predicted octanol–water partition coefficient (Wildman–Crippen LogP) is 0.369. The SMILES string of the molecule is O=C(N1C[C@H]2CCN[C@H]2C1)C(F)(F)F. The highest BCUT2D eigenvalue weighted by Gasteiger charge is 2.47. The fraction of sp³-hybridized carbons (Fsp3) is 0.875. The first-order valence-electron chi connectivity index (χ1n) is 4.58. The second-order valence-corrected chi connectivity index (χ2v) is 3.82. The molecule has 2 heterocycles. The molecule has 0 radical (unpaired) electrons.